The summed E-state index contributed by atoms with van der Waals surface area (Å²) in [5.41, 5.74) is 2.82. The predicted molar refractivity (Wildman–Crippen MR) is 86.2 cm³/mol. The largest absolute Gasteiger partial charge is 0.312 e. The molecule has 2 rings (SSSR count). The van der Waals surface area contributed by atoms with Gasteiger partial charge >= 0.3 is 0 Å². The minimum atomic E-state index is 0.432. The van der Waals surface area contributed by atoms with Gasteiger partial charge in [-0.2, -0.15) is 0 Å². The number of hydrogen-bond donors (Lipinski definition) is 1. The van der Waals surface area contributed by atoms with Gasteiger partial charge in [-0.15, -0.1) is 0 Å². The van der Waals surface area contributed by atoms with Crippen molar-refractivity contribution in [3.63, 3.8) is 0 Å². The molecule has 0 aromatic heterocycles. The van der Waals surface area contributed by atoms with Gasteiger partial charge in [-0.05, 0) is 51.7 Å². The lowest BCUT2D eigenvalue weighted by molar-refractivity contribution is 0.253. The molecule has 1 aromatic rings. The van der Waals surface area contributed by atoms with Gasteiger partial charge in [-0.1, -0.05) is 31.2 Å². The van der Waals surface area contributed by atoms with Crippen LogP contribution in [0, 0.1) is 0 Å². The van der Waals surface area contributed by atoms with E-state index in [1.807, 2.05) is 0 Å². The van der Waals surface area contributed by atoms with Crippen LogP contribution in [0.4, 0.5) is 0 Å². The topological polar surface area (TPSA) is 18.5 Å². The number of benzene rings is 1. The van der Waals surface area contributed by atoms with Gasteiger partial charge in [0, 0.05) is 25.2 Å². The van der Waals surface area contributed by atoms with Gasteiger partial charge < -0.3 is 10.2 Å². The number of nitrogens with one attached hydrogen (secondary N) is 1. The predicted octanol–water partition coefficient (Wildman–Crippen LogP) is 2.15. The quantitative estimate of drug-likeness (QED) is 0.858. The van der Waals surface area contributed by atoms with Crippen LogP contribution in [0.3, 0.4) is 0 Å². The van der Waals surface area contributed by atoms with Crippen molar-refractivity contribution >= 4 is 0 Å². The Hall–Kier alpha value is -0.900. The van der Waals surface area contributed by atoms with E-state index >= 15 is 0 Å². The smallest absolute Gasteiger partial charge is 0.0446 e. The Morgan fingerprint density at radius 2 is 2.00 bits per heavy atom. The van der Waals surface area contributed by atoms with E-state index in [1.54, 1.807) is 0 Å². The third-order valence-electron chi connectivity index (χ3n) is 4.56. The van der Waals surface area contributed by atoms with Crippen molar-refractivity contribution in [3.05, 3.63) is 35.4 Å². The Morgan fingerprint density at radius 1 is 1.30 bits per heavy atom. The maximum atomic E-state index is 3.47. The summed E-state index contributed by atoms with van der Waals surface area (Å²) >= 11 is 0. The molecule has 1 aliphatic heterocycles. The van der Waals surface area contributed by atoms with Crippen LogP contribution in [-0.4, -0.2) is 56.6 Å². The molecule has 1 aliphatic rings. The molecule has 2 unspecified atom stereocenters. The highest BCUT2D eigenvalue weighted by Crippen LogP contribution is 2.19. The van der Waals surface area contributed by atoms with Crippen LogP contribution in [0.1, 0.15) is 30.5 Å². The zero-order valence-electron chi connectivity index (χ0n) is 13.4. The van der Waals surface area contributed by atoms with Crippen LogP contribution in [-0.2, 0) is 6.42 Å². The summed E-state index contributed by atoms with van der Waals surface area (Å²) in [5.74, 6) is 0. The molecule has 112 valence electrons. The summed E-state index contributed by atoms with van der Waals surface area (Å²) in [6.45, 7) is 5.72. The van der Waals surface area contributed by atoms with Crippen LogP contribution in [0.2, 0.25) is 0 Å². The molecule has 0 spiro atoms. The van der Waals surface area contributed by atoms with E-state index in [2.05, 4.69) is 67.4 Å². The van der Waals surface area contributed by atoms with E-state index in [-0.39, 0.29) is 0 Å². The Labute approximate surface area is 124 Å². The molecule has 3 nitrogen and oxygen atoms in total. The van der Waals surface area contributed by atoms with Crippen molar-refractivity contribution in [1.29, 1.82) is 0 Å². The fourth-order valence-electron chi connectivity index (χ4n) is 3.01. The lowest BCUT2D eigenvalue weighted by atomic mass is 10.0. The van der Waals surface area contributed by atoms with Gasteiger partial charge in [0.05, 0.1) is 0 Å². The maximum Gasteiger partial charge on any atom is 0.0446 e. The molecule has 0 amide bonds. The Balaban J connectivity index is 1.95. The van der Waals surface area contributed by atoms with Crippen LogP contribution in [0.25, 0.3) is 0 Å². The summed E-state index contributed by atoms with van der Waals surface area (Å²) in [7, 11) is 6.44. The summed E-state index contributed by atoms with van der Waals surface area (Å²) in [6, 6.07) is 10.2. The number of likely N-dealkylation sites (tertiary alicyclic amines) is 1. The molecule has 0 saturated carbocycles. The Morgan fingerprint density at radius 3 is 2.50 bits per heavy atom. The van der Waals surface area contributed by atoms with Crippen LogP contribution < -0.4 is 5.32 Å². The Bertz CT molecular complexity index is 399. The molecule has 2 atom stereocenters. The molecule has 20 heavy (non-hydrogen) atoms. The summed E-state index contributed by atoms with van der Waals surface area (Å²) in [6.07, 6.45) is 2.40. The third-order valence-corrected chi connectivity index (χ3v) is 4.56. The first-order valence-electron chi connectivity index (χ1n) is 7.79. The van der Waals surface area contributed by atoms with E-state index in [1.165, 1.54) is 30.6 Å². The normalized spacial score (nSPS) is 21.6. The SMILES string of the molecule is CCc1ccc(C(CN2CCC(N(C)C)C2)NC)cc1. The highest BCUT2D eigenvalue weighted by molar-refractivity contribution is 5.25. The third kappa shape index (κ3) is 3.81. The fourth-order valence-corrected chi connectivity index (χ4v) is 3.01. The zero-order chi connectivity index (χ0) is 14.5. The highest BCUT2D eigenvalue weighted by atomic mass is 15.2. The summed E-state index contributed by atoms with van der Waals surface area (Å²) < 4.78 is 0. The van der Waals surface area contributed by atoms with E-state index in [0.29, 0.717) is 6.04 Å². The van der Waals surface area contributed by atoms with Gasteiger partial charge in [0.1, 0.15) is 0 Å². The summed E-state index contributed by atoms with van der Waals surface area (Å²) in [4.78, 5) is 4.93. The monoisotopic (exact) mass is 275 g/mol. The standard InChI is InChI=1S/C17H29N3/c1-5-14-6-8-15(9-7-14)17(18-2)13-20-11-10-16(12-20)19(3)4/h6-9,16-18H,5,10-13H2,1-4H3. The minimum absolute atomic E-state index is 0.432. The second-order valence-electron chi connectivity index (χ2n) is 6.10. The maximum absolute atomic E-state index is 3.47. The van der Waals surface area contributed by atoms with Gasteiger partial charge in [0.25, 0.3) is 0 Å². The number of aryl methyl sites for hydroxylation is 1. The Kier molecular flexibility index (Phi) is 5.58. The molecule has 1 heterocycles. The molecule has 0 radical (unpaired) electrons. The van der Waals surface area contributed by atoms with Gasteiger partial charge in [0.2, 0.25) is 0 Å². The van der Waals surface area contributed by atoms with Crippen molar-refractivity contribution in [1.82, 2.24) is 15.1 Å². The molecule has 1 aromatic carbocycles. The van der Waals surface area contributed by atoms with Gasteiger partial charge in [0.15, 0.2) is 0 Å². The molecule has 1 saturated heterocycles. The van der Waals surface area contributed by atoms with E-state index in [9.17, 15) is 0 Å². The van der Waals surface area contributed by atoms with Crippen molar-refractivity contribution in [3.8, 4) is 0 Å². The highest BCUT2D eigenvalue weighted by Gasteiger charge is 2.25. The first-order chi connectivity index (χ1) is 9.63. The van der Waals surface area contributed by atoms with Crippen molar-refractivity contribution in [2.45, 2.75) is 31.8 Å². The molecule has 0 aliphatic carbocycles. The summed E-state index contributed by atoms with van der Waals surface area (Å²) in [5, 5.41) is 3.47. The van der Waals surface area contributed by atoms with Gasteiger partial charge in [-0.3, -0.25) is 4.90 Å². The molecule has 1 N–H and O–H groups in total. The average Bonchev–Trinajstić information content (AvgIpc) is 2.94. The second-order valence-corrected chi connectivity index (χ2v) is 6.10. The van der Waals surface area contributed by atoms with Crippen molar-refractivity contribution in [2.75, 3.05) is 40.8 Å². The second kappa shape index (κ2) is 7.21. The van der Waals surface area contributed by atoms with Crippen molar-refractivity contribution in [2.24, 2.45) is 0 Å². The van der Waals surface area contributed by atoms with Crippen molar-refractivity contribution < 1.29 is 0 Å². The minimum Gasteiger partial charge on any atom is -0.312 e. The fraction of sp³-hybridized carbons (Fsp3) is 0.647. The number of nitrogens with zero attached hydrogens (tertiary/aromatic N) is 2. The first-order valence-corrected chi connectivity index (χ1v) is 7.79. The average molecular weight is 275 g/mol. The molecule has 0 bridgehead atoms. The number of hydrogen-bond acceptors (Lipinski definition) is 3. The molecular formula is C17H29N3. The van der Waals surface area contributed by atoms with E-state index < -0.39 is 0 Å². The molecular weight excluding hydrogens is 246 g/mol. The van der Waals surface area contributed by atoms with Crippen LogP contribution in [0.5, 0.6) is 0 Å². The number of rotatable bonds is 6. The lowest BCUT2D eigenvalue weighted by Crippen LogP contribution is -2.35. The van der Waals surface area contributed by atoms with E-state index in [4.69, 9.17) is 0 Å². The molecule has 3 heteroatoms. The lowest BCUT2D eigenvalue weighted by Gasteiger charge is -2.25. The van der Waals surface area contributed by atoms with E-state index in [0.717, 1.165) is 19.0 Å². The van der Waals surface area contributed by atoms with Crippen LogP contribution in [0.15, 0.2) is 24.3 Å². The van der Waals surface area contributed by atoms with Crippen LogP contribution >= 0.6 is 0 Å². The first kappa shape index (κ1) is 15.5. The molecule has 1 fully saturated rings. The van der Waals surface area contributed by atoms with Gasteiger partial charge in [-0.25, -0.2) is 0 Å². The number of likely N-dealkylation sites (N-methyl/N-ethyl adjacent to an activating group) is 2. The zero-order valence-corrected chi connectivity index (χ0v) is 13.4.